The summed E-state index contributed by atoms with van der Waals surface area (Å²) in [7, 11) is 3.22. The minimum Gasteiger partial charge on any atom is -0.500 e. The first-order valence-electron chi connectivity index (χ1n) is 3.71. The molecular formula is C10H12O2. The third-order valence-corrected chi connectivity index (χ3v) is 1.50. The zero-order valence-electron chi connectivity index (χ0n) is 7.28. The number of hydrogen-bond donors (Lipinski definition) is 0. The predicted molar refractivity (Wildman–Crippen MR) is 48.4 cm³/mol. The summed E-state index contributed by atoms with van der Waals surface area (Å²) in [4.78, 5) is 0. The predicted octanol–water partition coefficient (Wildman–Crippen LogP) is 2.28. The molecule has 0 aromatic heterocycles. The molecule has 0 spiro atoms. The standard InChI is InChI=1S/C10H12O2/c1-11-8-10(12-2)9-6-4-3-5-7-9/h3-8H,1-2H3/b10-8+. The summed E-state index contributed by atoms with van der Waals surface area (Å²) in [5.41, 5.74) is 1.02. The molecule has 64 valence electrons. The van der Waals surface area contributed by atoms with Gasteiger partial charge in [0.25, 0.3) is 0 Å². The Kier molecular flexibility index (Phi) is 3.20. The van der Waals surface area contributed by atoms with Crippen LogP contribution in [0, 0.1) is 0 Å². The summed E-state index contributed by atoms with van der Waals surface area (Å²) in [6, 6.07) is 9.81. The third-order valence-electron chi connectivity index (χ3n) is 1.50. The Morgan fingerprint density at radius 2 is 1.83 bits per heavy atom. The van der Waals surface area contributed by atoms with Gasteiger partial charge in [0.1, 0.15) is 6.26 Å². The molecule has 2 nitrogen and oxygen atoms in total. The van der Waals surface area contributed by atoms with Crippen molar-refractivity contribution in [2.45, 2.75) is 0 Å². The molecule has 0 heterocycles. The maximum atomic E-state index is 5.11. The summed E-state index contributed by atoms with van der Waals surface area (Å²) in [6.07, 6.45) is 1.58. The van der Waals surface area contributed by atoms with Crippen molar-refractivity contribution in [3.63, 3.8) is 0 Å². The normalized spacial score (nSPS) is 11.0. The molecule has 12 heavy (non-hydrogen) atoms. The van der Waals surface area contributed by atoms with E-state index in [9.17, 15) is 0 Å². The minimum absolute atomic E-state index is 0.734. The van der Waals surface area contributed by atoms with Gasteiger partial charge >= 0.3 is 0 Å². The van der Waals surface area contributed by atoms with Crippen LogP contribution in [0.1, 0.15) is 5.56 Å². The van der Waals surface area contributed by atoms with Crippen LogP contribution in [0.3, 0.4) is 0 Å². The molecule has 0 aliphatic rings. The molecule has 0 N–H and O–H groups in total. The highest BCUT2D eigenvalue weighted by atomic mass is 16.5. The molecule has 0 saturated heterocycles. The van der Waals surface area contributed by atoms with Crippen LogP contribution in [0.15, 0.2) is 36.6 Å². The molecule has 0 fully saturated rings. The van der Waals surface area contributed by atoms with E-state index >= 15 is 0 Å². The molecule has 0 unspecified atom stereocenters. The lowest BCUT2D eigenvalue weighted by molar-refractivity contribution is 0.304. The largest absolute Gasteiger partial charge is 0.500 e. The van der Waals surface area contributed by atoms with Gasteiger partial charge in [-0.15, -0.1) is 0 Å². The Bertz CT molecular complexity index is 252. The second-order valence-electron chi connectivity index (χ2n) is 2.29. The zero-order chi connectivity index (χ0) is 8.81. The first kappa shape index (κ1) is 8.65. The van der Waals surface area contributed by atoms with Crippen LogP contribution in [-0.2, 0) is 9.47 Å². The van der Waals surface area contributed by atoms with E-state index in [4.69, 9.17) is 9.47 Å². The van der Waals surface area contributed by atoms with Crippen LogP contribution < -0.4 is 0 Å². The van der Waals surface area contributed by atoms with Gasteiger partial charge in [-0.2, -0.15) is 0 Å². The Morgan fingerprint density at radius 3 is 2.33 bits per heavy atom. The highest BCUT2D eigenvalue weighted by Gasteiger charge is 1.98. The Labute approximate surface area is 72.4 Å². The lowest BCUT2D eigenvalue weighted by atomic mass is 10.2. The van der Waals surface area contributed by atoms with Crippen molar-refractivity contribution in [1.29, 1.82) is 0 Å². The van der Waals surface area contributed by atoms with Crippen molar-refractivity contribution in [3.8, 4) is 0 Å². The molecule has 0 aliphatic carbocycles. The average molecular weight is 164 g/mol. The van der Waals surface area contributed by atoms with Gasteiger partial charge in [-0.3, -0.25) is 0 Å². The lowest BCUT2D eigenvalue weighted by Gasteiger charge is -2.04. The van der Waals surface area contributed by atoms with Crippen molar-refractivity contribution in [2.75, 3.05) is 14.2 Å². The quantitative estimate of drug-likeness (QED) is 0.638. The van der Waals surface area contributed by atoms with Crippen LogP contribution in [0.4, 0.5) is 0 Å². The van der Waals surface area contributed by atoms with Crippen LogP contribution in [-0.4, -0.2) is 14.2 Å². The fraction of sp³-hybridized carbons (Fsp3) is 0.200. The Balaban J connectivity index is 2.88. The van der Waals surface area contributed by atoms with Crippen LogP contribution in [0.5, 0.6) is 0 Å². The van der Waals surface area contributed by atoms with E-state index in [1.807, 2.05) is 30.3 Å². The average Bonchev–Trinajstić information content (AvgIpc) is 2.15. The van der Waals surface area contributed by atoms with E-state index in [0.29, 0.717) is 0 Å². The second kappa shape index (κ2) is 4.44. The molecule has 0 aliphatic heterocycles. The summed E-state index contributed by atoms with van der Waals surface area (Å²) >= 11 is 0. The second-order valence-corrected chi connectivity index (χ2v) is 2.29. The smallest absolute Gasteiger partial charge is 0.160 e. The summed E-state index contributed by atoms with van der Waals surface area (Å²) in [5, 5.41) is 0. The van der Waals surface area contributed by atoms with Crippen LogP contribution >= 0.6 is 0 Å². The zero-order valence-corrected chi connectivity index (χ0v) is 7.28. The van der Waals surface area contributed by atoms with Gasteiger partial charge in [0.05, 0.1) is 14.2 Å². The van der Waals surface area contributed by atoms with Crippen molar-refractivity contribution in [1.82, 2.24) is 0 Å². The van der Waals surface area contributed by atoms with E-state index in [2.05, 4.69) is 0 Å². The van der Waals surface area contributed by atoms with Crippen molar-refractivity contribution in [2.24, 2.45) is 0 Å². The molecule has 0 atom stereocenters. The Morgan fingerprint density at radius 1 is 1.17 bits per heavy atom. The van der Waals surface area contributed by atoms with Crippen LogP contribution in [0.2, 0.25) is 0 Å². The fourth-order valence-corrected chi connectivity index (χ4v) is 0.943. The highest BCUT2D eigenvalue weighted by molar-refractivity contribution is 5.58. The monoisotopic (exact) mass is 164 g/mol. The topological polar surface area (TPSA) is 18.5 Å². The van der Waals surface area contributed by atoms with Gasteiger partial charge in [-0.1, -0.05) is 30.3 Å². The summed E-state index contributed by atoms with van der Waals surface area (Å²) in [5.74, 6) is 0.734. The number of ether oxygens (including phenoxy) is 2. The van der Waals surface area contributed by atoms with Crippen LogP contribution in [0.25, 0.3) is 5.76 Å². The van der Waals surface area contributed by atoms with E-state index in [1.54, 1.807) is 20.5 Å². The van der Waals surface area contributed by atoms with Gasteiger partial charge in [0.2, 0.25) is 0 Å². The maximum Gasteiger partial charge on any atom is 0.160 e. The van der Waals surface area contributed by atoms with Gasteiger partial charge in [0.15, 0.2) is 5.76 Å². The first-order chi connectivity index (χ1) is 5.88. The van der Waals surface area contributed by atoms with Crippen molar-refractivity contribution in [3.05, 3.63) is 42.2 Å². The summed E-state index contributed by atoms with van der Waals surface area (Å²) in [6.45, 7) is 0. The molecule has 0 amide bonds. The van der Waals surface area contributed by atoms with Gasteiger partial charge in [-0.05, 0) is 0 Å². The number of methoxy groups -OCH3 is 2. The lowest BCUT2D eigenvalue weighted by Crippen LogP contribution is -1.87. The molecule has 0 bridgehead atoms. The van der Waals surface area contributed by atoms with Gasteiger partial charge < -0.3 is 9.47 Å². The third kappa shape index (κ3) is 2.02. The number of benzene rings is 1. The van der Waals surface area contributed by atoms with Crippen molar-refractivity contribution < 1.29 is 9.47 Å². The maximum absolute atomic E-state index is 5.11. The fourth-order valence-electron chi connectivity index (χ4n) is 0.943. The molecule has 1 aromatic carbocycles. The number of rotatable bonds is 3. The Hall–Kier alpha value is -1.44. The SMILES string of the molecule is CO/C=C(/OC)c1ccccc1. The molecule has 1 aromatic rings. The summed E-state index contributed by atoms with van der Waals surface area (Å²) < 4.78 is 9.98. The first-order valence-corrected chi connectivity index (χ1v) is 3.71. The molecule has 0 radical (unpaired) electrons. The van der Waals surface area contributed by atoms with E-state index in [-0.39, 0.29) is 0 Å². The van der Waals surface area contributed by atoms with Crippen molar-refractivity contribution >= 4 is 5.76 Å². The number of hydrogen-bond acceptors (Lipinski definition) is 2. The van der Waals surface area contributed by atoms with E-state index in [1.165, 1.54) is 0 Å². The van der Waals surface area contributed by atoms with Gasteiger partial charge in [-0.25, -0.2) is 0 Å². The molecular weight excluding hydrogens is 152 g/mol. The van der Waals surface area contributed by atoms with Gasteiger partial charge in [0, 0.05) is 5.56 Å². The molecule has 1 rings (SSSR count). The van der Waals surface area contributed by atoms with E-state index in [0.717, 1.165) is 11.3 Å². The minimum atomic E-state index is 0.734. The highest BCUT2D eigenvalue weighted by Crippen LogP contribution is 2.13. The van der Waals surface area contributed by atoms with E-state index < -0.39 is 0 Å². The molecule has 0 saturated carbocycles. The molecule has 2 heteroatoms.